The number of alkyl carbamates (subject to hydrolysis) is 1. The van der Waals surface area contributed by atoms with Crippen LogP contribution >= 0.6 is 0 Å². The van der Waals surface area contributed by atoms with Crippen molar-refractivity contribution >= 4 is 24.1 Å². The van der Waals surface area contributed by atoms with Gasteiger partial charge in [-0.3, -0.25) is 9.69 Å². The molecule has 3 heterocycles. The monoisotopic (exact) mass is 559 g/mol. The van der Waals surface area contributed by atoms with Crippen molar-refractivity contribution < 1.29 is 42.9 Å². The molecule has 40 heavy (non-hydrogen) atoms. The van der Waals surface area contributed by atoms with Crippen LogP contribution in [0.5, 0.6) is 11.5 Å². The average molecular weight is 560 g/mol. The fourth-order valence-corrected chi connectivity index (χ4v) is 5.08. The minimum Gasteiger partial charge on any atom is -0.493 e. The first-order chi connectivity index (χ1) is 19.0. The molecule has 1 aromatic carbocycles. The van der Waals surface area contributed by atoms with Crippen molar-refractivity contribution in [1.82, 2.24) is 15.1 Å². The number of nitrogens with one attached hydrogen (secondary N) is 1. The maximum Gasteiger partial charge on any atom is 0.410 e. The first-order valence-corrected chi connectivity index (χ1v) is 13.3. The molecule has 1 unspecified atom stereocenters. The Kier molecular flexibility index (Phi) is 8.75. The molecule has 1 saturated heterocycles. The molecular weight excluding hydrogens is 522 g/mol. The number of amides is 3. The molecule has 3 aliphatic rings. The average Bonchev–Trinajstić information content (AvgIpc) is 3.54. The van der Waals surface area contributed by atoms with E-state index >= 15 is 0 Å². The second-order valence-corrected chi connectivity index (χ2v) is 11.0. The molecule has 3 aliphatic heterocycles. The molecule has 3 amide bonds. The Balaban J connectivity index is 1.63. The summed E-state index contributed by atoms with van der Waals surface area (Å²) < 4.78 is 27.5. The maximum atomic E-state index is 13.7. The highest BCUT2D eigenvalue weighted by Crippen LogP contribution is 2.39. The van der Waals surface area contributed by atoms with Crippen molar-refractivity contribution in [2.75, 3.05) is 34.0 Å². The van der Waals surface area contributed by atoms with E-state index in [1.165, 1.54) is 16.9 Å². The van der Waals surface area contributed by atoms with Gasteiger partial charge in [0.1, 0.15) is 24.8 Å². The first kappa shape index (κ1) is 29.0. The highest BCUT2D eigenvalue weighted by atomic mass is 16.6. The number of fused-ring (bicyclic) bond motifs is 3. The molecule has 1 aromatic rings. The van der Waals surface area contributed by atoms with Gasteiger partial charge in [0.2, 0.25) is 5.91 Å². The lowest BCUT2D eigenvalue weighted by Crippen LogP contribution is -2.57. The Morgan fingerprint density at radius 3 is 2.55 bits per heavy atom. The van der Waals surface area contributed by atoms with Crippen LogP contribution in [0.15, 0.2) is 24.3 Å². The smallest absolute Gasteiger partial charge is 0.410 e. The number of benzene rings is 1. The minimum absolute atomic E-state index is 0.0264. The van der Waals surface area contributed by atoms with Gasteiger partial charge in [0.05, 0.1) is 33.9 Å². The van der Waals surface area contributed by atoms with Gasteiger partial charge >= 0.3 is 18.2 Å². The molecule has 1 N–H and O–H groups in total. The SMILES string of the molecule is COC(=O)C1C[C@@H]2CN1C(=O)[C@H](C(C)(C)C)NC(=O)OCC/C=C/COc1c(OC)ccc3c1CN(C3)C(=O)O2. The molecule has 12 heteroatoms. The van der Waals surface area contributed by atoms with E-state index < -0.39 is 47.7 Å². The highest BCUT2D eigenvalue weighted by molar-refractivity contribution is 5.91. The second-order valence-electron chi connectivity index (χ2n) is 11.0. The third-order valence-corrected chi connectivity index (χ3v) is 7.18. The summed E-state index contributed by atoms with van der Waals surface area (Å²) >= 11 is 0. The lowest BCUT2D eigenvalue weighted by Gasteiger charge is -2.34. The summed E-state index contributed by atoms with van der Waals surface area (Å²) in [5, 5.41) is 2.65. The summed E-state index contributed by atoms with van der Waals surface area (Å²) in [5.41, 5.74) is 1.02. The fourth-order valence-electron chi connectivity index (χ4n) is 5.08. The van der Waals surface area contributed by atoms with E-state index in [9.17, 15) is 19.2 Å². The van der Waals surface area contributed by atoms with Crippen LogP contribution in [0.3, 0.4) is 0 Å². The molecule has 4 rings (SSSR count). The van der Waals surface area contributed by atoms with Crippen molar-refractivity contribution in [2.24, 2.45) is 5.41 Å². The standard InChI is InChI=1S/C28H37N3O9/c1-28(2,3)23-24(32)31-15-18(13-20(31)25(33)37-5)40-27(35)30-14-17-9-10-21(36-4)22(19(17)16-30)38-11-7-6-8-12-39-26(34)29-23/h6-7,9-10,18,20,23H,8,11-16H2,1-5H3,(H,29,34)/b7-6+/t18-,20?,23-/m1/s1. The van der Waals surface area contributed by atoms with Gasteiger partial charge in [-0.05, 0) is 23.5 Å². The van der Waals surface area contributed by atoms with Gasteiger partial charge in [0.25, 0.3) is 0 Å². The van der Waals surface area contributed by atoms with Crippen molar-refractivity contribution in [3.63, 3.8) is 0 Å². The molecular formula is C28H37N3O9. The van der Waals surface area contributed by atoms with Gasteiger partial charge in [-0.25, -0.2) is 14.4 Å². The summed E-state index contributed by atoms with van der Waals surface area (Å²) in [6.45, 7) is 6.28. The Morgan fingerprint density at radius 1 is 1.07 bits per heavy atom. The summed E-state index contributed by atoms with van der Waals surface area (Å²) in [6.07, 6.45) is 2.05. The van der Waals surface area contributed by atoms with E-state index in [1.807, 2.05) is 12.1 Å². The van der Waals surface area contributed by atoms with Crippen LogP contribution in [0, 0.1) is 5.41 Å². The third-order valence-electron chi connectivity index (χ3n) is 7.18. The van der Waals surface area contributed by atoms with Gasteiger partial charge in [-0.2, -0.15) is 0 Å². The van der Waals surface area contributed by atoms with Gasteiger partial charge in [-0.15, -0.1) is 0 Å². The number of rotatable bonds is 2. The van der Waals surface area contributed by atoms with E-state index in [-0.39, 0.29) is 32.7 Å². The number of esters is 1. The van der Waals surface area contributed by atoms with E-state index in [1.54, 1.807) is 40.0 Å². The predicted octanol–water partition coefficient (Wildman–Crippen LogP) is 2.77. The number of ether oxygens (including phenoxy) is 5. The third kappa shape index (κ3) is 6.26. The molecule has 0 aliphatic carbocycles. The Hall–Kier alpha value is -3.96. The Labute approximate surface area is 233 Å². The van der Waals surface area contributed by atoms with Crippen molar-refractivity contribution in [3.8, 4) is 11.5 Å². The van der Waals surface area contributed by atoms with Crippen molar-refractivity contribution in [2.45, 2.75) is 64.9 Å². The van der Waals surface area contributed by atoms with Crippen LogP contribution in [-0.2, 0) is 36.9 Å². The molecule has 3 atom stereocenters. The highest BCUT2D eigenvalue weighted by Gasteiger charge is 2.47. The molecule has 0 radical (unpaired) electrons. The fraction of sp³-hybridized carbons (Fsp3) is 0.571. The molecule has 12 nitrogen and oxygen atoms in total. The Bertz CT molecular complexity index is 1180. The maximum absolute atomic E-state index is 13.7. The second kappa shape index (κ2) is 12.1. The largest absolute Gasteiger partial charge is 0.493 e. The van der Waals surface area contributed by atoms with Crippen LogP contribution in [0.1, 0.15) is 44.7 Å². The number of methoxy groups -OCH3 is 2. The molecule has 0 saturated carbocycles. The molecule has 1 fully saturated rings. The summed E-state index contributed by atoms with van der Waals surface area (Å²) in [4.78, 5) is 55.1. The van der Waals surface area contributed by atoms with Crippen LogP contribution in [0.4, 0.5) is 9.59 Å². The van der Waals surface area contributed by atoms with Gasteiger partial charge < -0.3 is 33.9 Å². The van der Waals surface area contributed by atoms with Gasteiger partial charge in [-0.1, -0.05) is 39.0 Å². The minimum atomic E-state index is -1.00. The van der Waals surface area contributed by atoms with Crippen LogP contribution in [0.25, 0.3) is 0 Å². The van der Waals surface area contributed by atoms with Gasteiger partial charge in [0.15, 0.2) is 11.5 Å². The number of hydrogen-bond acceptors (Lipinski definition) is 9. The summed E-state index contributed by atoms with van der Waals surface area (Å²) in [5.74, 6) is -0.0321. The Morgan fingerprint density at radius 2 is 1.85 bits per heavy atom. The molecule has 218 valence electrons. The zero-order chi connectivity index (χ0) is 29.0. The van der Waals surface area contributed by atoms with E-state index in [2.05, 4.69) is 5.32 Å². The summed E-state index contributed by atoms with van der Waals surface area (Å²) in [6, 6.07) is 1.70. The predicted molar refractivity (Wildman–Crippen MR) is 142 cm³/mol. The lowest BCUT2D eigenvalue weighted by molar-refractivity contribution is -0.152. The lowest BCUT2D eigenvalue weighted by atomic mass is 9.85. The number of carbonyl (C=O) groups excluding carboxylic acids is 4. The first-order valence-electron chi connectivity index (χ1n) is 13.3. The van der Waals surface area contributed by atoms with E-state index in [4.69, 9.17) is 23.7 Å². The summed E-state index contributed by atoms with van der Waals surface area (Å²) in [7, 11) is 2.78. The zero-order valence-electron chi connectivity index (χ0n) is 23.6. The van der Waals surface area contributed by atoms with Crippen molar-refractivity contribution in [1.29, 1.82) is 0 Å². The van der Waals surface area contributed by atoms with Crippen LogP contribution < -0.4 is 14.8 Å². The molecule has 0 aromatic heterocycles. The number of nitrogens with zero attached hydrogens (tertiary/aromatic N) is 2. The van der Waals surface area contributed by atoms with E-state index in [0.29, 0.717) is 24.5 Å². The quantitative estimate of drug-likeness (QED) is 0.330. The van der Waals surface area contributed by atoms with Crippen LogP contribution in [0.2, 0.25) is 0 Å². The number of carbonyl (C=O) groups is 4. The normalized spacial score (nSPS) is 24.8. The number of cyclic esters (lactones) is 1. The number of hydrogen-bond donors (Lipinski definition) is 1. The van der Waals surface area contributed by atoms with Crippen molar-refractivity contribution in [3.05, 3.63) is 35.4 Å². The zero-order valence-corrected chi connectivity index (χ0v) is 23.6. The van der Waals surface area contributed by atoms with Crippen LogP contribution in [-0.4, -0.2) is 86.0 Å². The molecule has 0 spiro atoms. The van der Waals surface area contributed by atoms with E-state index in [0.717, 1.165) is 11.1 Å². The topological polar surface area (TPSA) is 133 Å². The molecule has 4 bridgehead atoms. The van der Waals surface area contributed by atoms with Gasteiger partial charge in [0, 0.05) is 18.5 Å².